The van der Waals surface area contributed by atoms with Gasteiger partial charge >= 0.3 is 0 Å². The maximum absolute atomic E-state index is 12.6. The summed E-state index contributed by atoms with van der Waals surface area (Å²) in [5.41, 5.74) is 1.18. The lowest BCUT2D eigenvalue weighted by molar-refractivity contribution is 0.399. The highest BCUT2D eigenvalue weighted by Gasteiger charge is 2.09. The average Bonchev–Trinajstić information content (AvgIpc) is 2.05. The van der Waals surface area contributed by atoms with E-state index in [-0.39, 0.29) is 0 Å². The van der Waals surface area contributed by atoms with Crippen LogP contribution in [0, 0.1) is 0 Å². The van der Waals surface area contributed by atoms with Crippen molar-refractivity contribution in [2.75, 3.05) is 7.05 Å². The second-order valence-electron chi connectivity index (χ2n) is 2.83. The highest BCUT2D eigenvalue weighted by molar-refractivity contribution is 5.28. The third-order valence-electron chi connectivity index (χ3n) is 2.01. The molecule has 0 amide bonds. The lowest BCUT2D eigenvalue weighted by Crippen LogP contribution is -2.23. The molecular formula is C9H14FN. The molecule has 0 saturated carbocycles. The van der Waals surface area contributed by atoms with Crippen molar-refractivity contribution in [2.24, 2.45) is 0 Å². The highest BCUT2D eigenvalue weighted by atomic mass is 19.1. The quantitative estimate of drug-likeness (QED) is 0.641. The Morgan fingerprint density at radius 2 is 2.45 bits per heavy atom. The van der Waals surface area contributed by atoms with Crippen LogP contribution in [0.5, 0.6) is 0 Å². The fraction of sp³-hybridized carbons (Fsp3) is 0.556. The molecule has 2 heteroatoms. The third kappa shape index (κ3) is 2.15. The Balaban J connectivity index is 2.55. The van der Waals surface area contributed by atoms with Crippen molar-refractivity contribution in [2.45, 2.75) is 25.6 Å². The van der Waals surface area contributed by atoms with Gasteiger partial charge in [-0.25, -0.2) is 4.39 Å². The van der Waals surface area contributed by atoms with Gasteiger partial charge in [0.1, 0.15) is 6.17 Å². The standard InChI is InChI=1S/C9H14FN/c1-7(11-2)8-3-5-9(10)6-4-8/h3-5,7,9,11H,6H2,1-2H3. The summed E-state index contributed by atoms with van der Waals surface area (Å²) >= 11 is 0. The van der Waals surface area contributed by atoms with Crippen LogP contribution in [0.1, 0.15) is 13.3 Å². The maximum atomic E-state index is 12.6. The van der Waals surface area contributed by atoms with Crippen molar-refractivity contribution >= 4 is 0 Å². The van der Waals surface area contributed by atoms with E-state index in [1.165, 1.54) is 5.57 Å². The van der Waals surface area contributed by atoms with E-state index >= 15 is 0 Å². The Kier molecular flexibility index (Phi) is 2.83. The molecule has 62 valence electrons. The normalized spacial score (nSPS) is 26.5. The largest absolute Gasteiger partial charge is 0.313 e. The molecule has 0 fully saturated rings. The zero-order valence-electron chi connectivity index (χ0n) is 6.97. The van der Waals surface area contributed by atoms with Gasteiger partial charge in [-0.3, -0.25) is 0 Å². The summed E-state index contributed by atoms with van der Waals surface area (Å²) in [4.78, 5) is 0. The van der Waals surface area contributed by atoms with E-state index < -0.39 is 6.17 Å². The minimum Gasteiger partial charge on any atom is -0.313 e. The molecule has 1 aliphatic rings. The monoisotopic (exact) mass is 155 g/mol. The molecule has 0 bridgehead atoms. The van der Waals surface area contributed by atoms with Crippen molar-refractivity contribution in [3.05, 3.63) is 23.8 Å². The molecule has 11 heavy (non-hydrogen) atoms. The Morgan fingerprint density at radius 3 is 2.91 bits per heavy atom. The zero-order valence-corrected chi connectivity index (χ0v) is 6.97. The van der Waals surface area contributed by atoms with Crippen LogP contribution in [0.2, 0.25) is 0 Å². The Labute approximate surface area is 67.0 Å². The molecule has 0 aliphatic heterocycles. The number of likely N-dealkylation sites (N-methyl/N-ethyl adjacent to an activating group) is 1. The first kappa shape index (κ1) is 8.47. The summed E-state index contributed by atoms with van der Waals surface area (Å²) in [6, 6.07) is 0.332. The summed E-state index contributed by atoms with van der Waals surface area (Å²) < 4.78 is 12.6. The average molecular weight is 155 g/mol. The number of allylic oxidation sites excluding steroid dienone is 2. The fourth-order valence-electron chi connectivity index (χ4n) is 1.10. The second kappa shape index (κ2) is 3.67. The number of halogens is 1. The minimum atomic E-state index is -0.775. The van der Waals surface area contributed by atoms with E-state index in [9.17, 15) is 4.39 Å². The molecule has 0 saturated heterocycles. The molecular weight excluding hydrogens is 141 g/mol. The molecule has 0 spiro atoms. The van der Waals surface area contributed by atoms with E-state index in [1.54, 1.807) is 6.08 Å². The van der Waals surface area contributed by atoms with Crippen molar-refractivity contribution in [1.29, 1.82) is 0 Å². The van der Waals surface area contributed by atoms with Gasteiger partial charge in [-0.2, -0.15) is 0 Å². The molecule has 0 radical (unpaired) electrons. The maximum Gasteiger partial charge on any atom is 0.122 e. The van der Waals surface area contributed by atoms with Crippen molar-refractivity contribution in [3.63, 3.8) is 0 Å². The van der Waals surface area contributed by atoms with Crippen LogP contribution in [0.4, 0.5) is 4.39 Å². The van der Waals surface area contributed by atoms with Crippen LogP contribution in [0.25, 0.3) is 0 Å². The number of alkyl halides is 1. The van der Waals surface area contributed by atoms with E-state index in [1.807, 2.05) is 19.2 Å². The molecule has 1 N–H and O–H groups in total. The van der Waals surface area contributed by atoms with Crippen LogP contribution in [-0.2, 0) is 0 Å². The molecule has 1 rings (SSSR count). The molecule has 2 atom stereocenters. The molecule has 0 aromatic carbocycles. The Morgan fingerprint density at radius 1 is 1.73 bits per heavy atom. The van der Waals surface area contributed by atoms with Gasteiger partial charge in [0.25, 0.3) is 0 Å². The summed E-state index contributed by atoms with van der Waals surface area (Å²) in [6.07, 6.45) is 5.17. The van der Waals surface area contributed by atoms with E-state index in [0.717, 1.165) is 0 Å². The minimum absolute atomic E-state index is 0.332. The lowest BCUT2D eigenvalue weighted by atomic mass is 10.0. The van der Waals surface area contributed by atoms with E-state index in [4.69, 9.17) is 0 Å². The summed E-state index contributed by atoms with van der Waals surface area (Å²) in [5.74, 6) is 0. The van der Waals surface area contributed by atoms with Gasteiger partial charge in [0.2, 0.25) is 0 Å². The van der Waals surface area contributed by atoms with Crippen molar-refractivity contribution in [3.8, 4) is 0 Å². The lowest BCUT2D eigenvalue weighted by Gasteiger charge is -2.15. The topological polar surface area (TPSA) is 12.0 Å². The van der Waals surface area contributed by atoms with Crippen LogP contribution in [0.3, 0.4) is 0 Å². The van der Waals surface area contributed by atoms with E-state index in [2.05, 4.69) is 12.2 Å². The second-order valence-corrected chi connectivity index (χ2v) is 2.83. The number of nitrogens with one attached hydrogen (secondary N) is 1. The van der Waals surface area contributed by atoms with Gasteiger partial charge in [0.05, 0.1) is 0 Å². The van der Waals surface area contributed by atoms with E-state index in [0.29, 0.717) is 12.5 Å². The van der Waals surface area contributed by atoms with Gasteiger partial charge in [-0.05, 0) is 19.5 Å². The molecule has 0 aromatic heterocycles. The molecule has 2 unspecified atom stereocenters. The molecule has 1 nitrogen and oxygen atoms in total. The van der Waals surface area contributed by atoms with Crippen LogP contribution in [-0.4, -0.2) is 19.3 Å². The van der Waals surface area contributed by atoms with Crippen molar-refractivity contribution < 1.29 is 4.39 Å². The molecule has 1 aliphatic carbocycles. The predicted molar refractivity (Wildman–Crippen MR) is 45.3 cm³/mol. The summed E-state index contributed by atoms with van der Waals surface area (Å²) in [6.45, 7) is 2.06. The van der Waals surface area contributed by atoms with Gasteiger partial charge in [0, 0.05) is 12.5 Å². The SMILES string of the molecule is CNC(C)C1=CCC(F)C=C1. The van der Waals surface area contributed by atoms with Gasteiger partial charge in [-0.1, -0.05) is 18.2 Å². The molecule has 0 heterocycles. The first-order chi connectivity index (χ1) is 5.24. The Bertz CT molecular complexity index is 184. The summed E-state index contributed by atoms with van der Waals surface area (Å²) in [7, 11) is 1.90. The van der Waals surface area contributed by atoms with Gasteiger partial charge in [-0.15, -0.1) is 0 Å². The summed E-state index contributed by atoms with van der Waals surface area (Å²) in [5, 5.41) is 3.11. The molecule has 0 aromatic rings. The number of rotatable bonds is 2. The third-order valence-corrected chi connectivity index (χ3v) is 2.01. The zero-order chi connectivity index (χ0) is 8.27. The van der Waals surface area contributed by atoms with Crippen LogP contribution in [0.15, 0.2) is 23.8 Å². The predicted octanol–water partition coefficient (Wildman–Crippen LogP) is 1.82. The number of hydrogen-bond acceptors (Lipinski definition) is 1. The van der Waals surface area contributed by atoms with Crippen molar-refractivity contribution in [1.82, 2.24) is 5.32 Å². The first-order valence-electron chi connectivity index (χ1n) is 3.93. The highest BCUT2D eigenvalue weighted by Crippen LogP contribution is 2.15. The van der Waals surface area contributed by atoms with Crippen LogP contribution >= 0.6 is 0 Å². The fourth-order valence-corrected chi connectivity index (χ4v) is 1.10. The Hall–Kier alpha value is -0.630. The smallest absolute Gasteiger partial charge is 0.122 e. The number of hydrogen-bond donors (Lipinski definition) is 1. The van der Waals surface area contributed by atoms with Crippen LogP contribution < -0.4 is 5.32 Å². The van der Waals surface area contributed by atoms with Gasteiger partial charge in [0.15, 0.2) is 0 Å². The first-order valence-corrected chi connectivity index (χ1v) is 3.93. The van der Waals surface area contributed by atoms with Gasteiger partial charge < -0.3 is 5.32 Å².